The molecule has 0 aromatic carbocycles. The molecule has 6 heteroatoms. The Hall–Kier alpha value is -1.17. The molecule has 0 amide bonds. The van der Waals surface area contributed by atoms with Gasteiger partial charge in [0.25, 0.3) is 0 Å². The first-order valence-electron chi connectivity index (χ1n) is 4.88. The van der Waals surface area contributed by atoms with Crippen molar-refractivity contribution in [3.63, 3.8) is 0 Å². The number of nitrogens with zero attached hydrogens (tertiary/aromatic N) is 3. The van der Waals surface area contributed by atoms with Crippen molar-refractivity contribution in [3.8, 4) is 0 Å². The van der Waals surface area contributed by atoms with Crippen LogP contribution in [-0.4, -0.2) is 30.3 Å². The molecule has 1 rings (SSSR count). The van der Waals surface area contributed by atoms with Crippen LogP contribution in [0.4, 0.5) is 0 Å². The van der Waals surface area contributed by atoms with E-state index in [2.05, 4.69) is 39.7 Å². The molecule has 0 spiro atoms. The predicted molar refractivity (Wildman–Crippen MR) is 63.3 cm³/mol. The summed E-state index contributed by atoms with van der Waals surface area (Å²) in [6.07, 6.45) is 0. The van der Waals surface area contributed by atoms with Crippen LogP contribution in [0.5, 0.6) is 0 Å². The van der Waals surface area contributed by atoms with Crippen molar-refractivity contribution < 1.29 is 0 Å². The van der Waals surface area contributed by atoms with Gasteiger partial charge in [0.2, 0.25) is 0 Å². The molecule has 15 heavy (non-hydrogen) atoms. The van der Waals surface area contributed by atoms with Gasteiger partial charge < -0.3 is 10.6 Å². The van der Waals surface area contributed by atoms with Crippen LogP contribution in [0.1, 0.15) is 29.8 Å². The third-order valence-corrected chi connectivity index (χ3v) is 3.07. The largest absolute Gasteiger partial charge is 0.359 e. The van der Waals surface area contributed by atoms with Crippen LogP contribution in [-0.2, 0) is 6.54 Å². The minimum Gasteiger partial charge on any atom is -0.359 e. The van der Waals surface area contributed by atoms with E-state index in [1.54, 1.807) is 18.4 Å². The van der Waals surface area contributed by atoms with Crippen LogP contribution in [0.2, 0.25) is 0 Å². The molecule has 0 saturated heterocycles. The minimum atomic E-state index is 0.444. The van der Waals surface area contributed by atoms with E-state index in [4.69, 9.17) is 0 Å². The van der Waals surface area contributed by atoms with Crippen molar-refractivity contribution >= 4 is 17.3 Å². The summed E-state index contributed by atoms with van der Waals surface area (Å²) in [6, 6.07) is 0. The Morgan fingerprint density at radius 1 is 1.47 bits per heavy atom. The van der Waals surface area contributed by atoms with Gasteiger partial charge in [-0.2, -0.15) is 0 Å². The van der Waals surface area contributed by atoms with Crippen molar-refractivity contribution in [1.82, 2.24) is 20.8 Å². The molecule has 5 nitrogen and oxygen atoms in total. The molecular formula is C9H17N5S. The SMILES string of the molecule is CN=C(NC)NCc1nnc(C(C)C)s1. The normalized spacial score (nSPS) is 11.9. The Morgan fingerprint density at radius 2 is 2.20 bits per heavy atom. The zero-order valence-electron chi connectivity index (χ0n) is 9.53. The van der Waals surface area contributed by atoms with E-state index in [9.17, 15) is 0 Å². The molecule has 84 valence electrons. The van der Waals surface area contributed by atoms with Crippen LogP contribution in [0.3, 0.4) is 0 Å². The number of nitrogens with one attached hydrogen (secondary N) is 2. The summed E-state index contributed by atoms with van der Waals surface area (Å²) in [5.74, 6) is 1.20. The van der Waals surface area contributed by atoms with Crippen LogP contribution < -0.4 is 10.6 Å². The quantitative estimate of drug-likeness (QED) is 0.596. The maximum absolute atomic E-state index is 4.11. The molecule has 0 fully saturated rings. The molecule has 1 aromatic heterocycles. The summed E-state index contributed by atoms with van der Waals surface area (Å²) in [5.41, 5.74) is 0. The monoisotopic (exact) mass is 227 g/mol. The third kappa shape index (κ3) is 3.47. The predicted octanol–water partition coefficient (Wildman–Crippen LogP) is 0.956. The average Bonchev–Trinajstić information content (AvgIpc) is 2.68. The molecule has 0 atom stereocenters. The molecule has 0 aliphatic rings. The molecular weight excluding hydrogens is 210 g/mol. The highest BCUT2D eigenvalue weighted by atomic mass is 32.1. The van der Waals surface area contributed by atoms with Gasteiger partial charge in [-0.3, -0.25) is 4.99 Å². The van der Waals surface area contributed by atoms with E-state index >= 15 is 0 Å². The highest BCUT2D eigenvalue weighted by molar-refractivity contribution is 7.11. The standard InChI is InChI=1S/C9H17N5S/c1-6(2)8-14-13-7(15-8)5-12-9(10-3)11-4/h6H,5H2,1-4H3,(H2,10,11,12). The molecule has 0 radical (unpaired) electrons. The van der Waals surface area contributed by atoms with Gasteiger partial charge in [-0.15, -0.1) is 10.2 Å². The number of guanidine groups is 1. The maximum Gasteiger partial charge on any atom is 0.191 e. The lowest BCUT2D eigenvalue weighted by Gasteiger charge is -2.05. The van der Waals surface area contributed by atoms with Crippen molar-refractivity contribution in [2.75, 3.05) is 14.1 Å². The van der Waals surface area contributed by atoms with Gasteiger partial charge in [0.15, 0.2) is 5.96 Å². The Morgan fingerprint density at radius 3 is 2.67 bits per heavy atom. The van der Waals surface area contributed by atoms with Gasteiger partial charge in [-0.1, -0.05) is 25.2 Å². The van der Waals surface area contributed by atoms with E-state index in [-0.39, 0.29) is 0 Å². The fourth-order valence-corrected chi connectivity index (χ4v) is 1.79. The number of hydrogen-bond acceptors (Lipinski definition) is 4. The summed E-state index contributed by atoms with van der Waals surface area (Å²) in [6.45, 7) is 4.90. The first-order valence-corrected chi connectivity index (χ1v) is 5.69. The Labute approximate surface area is 94.0 Å². The molecule has 2 N–H and O–H groups in total. The topological polar surface area (TPSA) is 62.2 Å². The average molecular weight is 227 g/mol. The van der Waals surface area contributed by atoms with Gasteiger partial charge in [0.1, 0.15) is 10.0 Å². The Balaban J connectivity index is 2.51. The summed E-state index contributed by atoms with van der Waals surface area (Å²) in [7, 11) is 3.56. The second kappa shape index (κ2) is 5.65. The number of hydrogen-bond donors (Lipinski definition) is 2. The summed E-state index contributed by atoms with van der Waals surface area (Å²) in [4.78, 5) is 4.01. The van der Waals surface area contributed by atoms with Crippen LogP contribution >= 0.6 is 11.3 Å². The molecule has 1 heterocycles. The molecule has 1 aromatic rings. The Bertz CT molecular complexity index is 331. The fraction of sp³-hybridized carbons (Fsp3) is 0.667. The second-order valence-corrected chi connectivity index (χ2v) is 4.46. The lowest BCUT2D eigenvalue weighted by molar-refractivity contribution is 0.800. The van der Waals surface area contributed by atoms with Gasteiger partial charge in [-0.05, 0) is 0 Å². The van der Waals surface area contributed by atoms with Crippen molar-refractivity contribution in [2.24, 2.45) is 4.99 Å². The van der Waals surface area contributed by atoms with E-state index < -0.39 is 0 Å². The molecule has 0 unspecified atom stereocenters. The summed E-state index contributed by atoms with van der Waals surface area (Å²) in [5, 5.41) is 16.4. The van der Waals surface area contributed by atoms with Gasteiger partial charge in [-0.25, -0.2) is 0 Å². The van der Waals surface area contributed by atoms with Gasteiger partial charge >= 0.3 is 0 Å². The van der Waals surface area contributed by atoms with Gasteiger partial charge in [0, 0.05) is 20.0 Å². The molecule has 0 saturated carbocycles. The fourth-order valence-electron chi connectivity index (χ4n) is 1.01. The highest BCUT2D eigenvalue weighted by Gasteiger charge is 2.07. The van der Waals surface area contributed by atoms with Crippen LogP contribution in [0, 0.1) is 0 Å². The van der Waals surface area contributed by atoms with E-state index in [1.807, 2.05) is 7.05 Å². The zero-order valence-corrected chi connectivity index (χ0v) is 10.4. The number of aliphatic imine (C=N–C) groups is 1. The van der Waals surface area contributed by atoms with E-state index in [0.29, 0.717) is 12.5 Å². The lowest BCUT2D eigenvalue weighted by Crippen LogP contribution is -2.34. The summed E-state index contributed by atoms with van der Waals surface area (Å²) < 4.78 is 0. The van der Waals surface area contributed by atoms with Gasteiger partial charge in [0.05, 0.1) is 6.54 Å². The number of rotatable bonds is 3. The van der Waals surface area contributed by atoms with E-state index in [1.165, 1.54) is 0 Å². The lowest BCUT2D eigenvalue weighted by atomic mass is 10.2. The Kier molecular flexibility index (Phi) is 4.48. The highest BCUT2D eigenvalue weighted by Crippen LogP contribution is 2.18. The summed E-state index contributed by atoms with van der Waals surface area (Å²) >= 11 is 1.64. The number of aromatic nitrogens is 2. The van der Waals surface area contributed by atoms with Crippen molar-refractivity contribution in [3.05, 3.63) is 10.0 Å². The second-order valence-electron chi connectivity index (χ2n) is 3.36. The smallest absolute Gasteiger partial charge is 0.191 e. The van der Waals surface area contributed by atoms with Crippen molar-refractivity contribution in [1.29, 1.82) is 0 Å². The maximum atomic E-state index is 4.11. The van der Waals surface area contributed by atoms with Crippen LogP contribution in [0.15, 0.2) is 4.99 Å². The van der Waals surface area contributed by atoms with Crippen LogP contribution in [0.25, 0.3) is 0 Å². The first kappa shape index (κ1) is 11.9. The minimum absolute atomic E-state index is 0.444. The van der Waals surface area contributed by atoms with Crippen molar-refractivity contribution in [2.45, 2.75) is 26.3 Å². The molecule has 0 aliphatic heterocycles. The third-order valence-electron chi connectivity index (χ3n) is 1.84. The zero-order chi connectivity index (χ0) is 11.3. The molecule has 0 aliphatic carbocycles. The molecule has 0 bridgehead atoms. The van der Waals surface area contributed by atoms with E-state index in [0.717, 1.165) is 16.0 Å². The first-order chi connectivity index (χ1) is 7.17.